The molecule has 53 heavy (non-hydrogen) atoms. The molecule has 3 aromatic heterocycles. The van der Waals surface area contributed by atoms with Crippen LogP contribution in [0.25, 0.3) is 22.3 Å². The molecule has 0 spiro atoms. The molecule has 2 aromatic carbocycles. The van der Waals surface area contributed by atoms with Crippen molar-refractivity contribution in [3.63, 3.8) is 0 Å². The molecule has 0 radical (unpaired) electrons. The molecule has 5 aromatic rings. The highest BCUT2D eigenvalue weighted by molar-refractivity contribution is 5.98. The number of piperidine rings is 2. The maximum Gasteiger partial charge on any atom is 0.254 e. The van der Waals surface area contributed by atoms with Gasteiger partial charge in [0.1, 0.15) is 22.9 Å². The zero-order valence-corrected chi connectivity index (χ0v) is 30.7. The number of fused-ring (bicyclic) bond motifs is 2. The molecule has 1 atom stereocenters. The van der Waals surface area contributed by atoms with Gasteiger partial charge < -0.3 is 25.0 Å². The first-order chi connectivity index (χ1) is 25.6. The predicted molar refractivity (Wildman–Crippen MR) is 202 cm³/mol. The van der Waals surface area contributed by atoms with Crippen LogP contribution in [0.3, 0.4) is 0 Å². The summed E-state index contributed by atoms with van der Waals surface area (Å²) in [6.07, 6.45) is 7.15. The molecule has 3 aliphatic heterocycles. The lowest BCUT2D eigenvalue weighted by Gasteiger charge is -2.37. The van der Waals surface area contributed by atoms with E-state index in [9.17, 15) is 4.79 Å². The number of aryl methyl sites for hydroxylation is 1. The van der Waals surface area contributed by atoms with Gasteiger partial charge in [-0.25, -0.2) is 28.7 Å². The van der Waals surface area contributed by atoms with Crippen molar-refractivity contribution >= 4 is 34.4 Å². The average molecular weight is 721 g/mol. The Kier molecular flexibility index (Phi) is 9.54. The fourth-order valence-corrected chi connectivity index (χ4v) is 8.32. The molecule has 0 aliphatic carbocycles. The summed E-state index contributed by atoms with van der Waals surface area (Å²) in [4.78, 5) is 37.5. The van der Waals surface area contributed by atoms with Crippen molar-refractivity contribution in [3.8, 4) is 11.3 Å². The summed E-state index contributed by atoms with van der Waals surface area (Å²) in [5, 5.41) is 6.52. The maximum absolute atomic E-state index is 15.1. The van der Waals surface area contributed by atoms with Gasteiger partial charge >= 0.3 is 0 Å². The van der Waals surface area contributed by atoms with E-state index in [0.717, 1.165) is 81.4 Å². The molecule has 276 valence electrons. The van der Waals surface area contributed by atoms with Crippen LogP contribution in [-0.4, -0.2) is 85.5 Å². The summed E-state index contributed by atoms with van der Waals surface area (Å²) in [6.45, 7) is 11.1. The van der Waals surface area contributed by atoms with E-state index in [1.807, 2.05) is 49.7 Å². The number of carbonyl (C=O) groups excluding carboxylic acids is 1. The van der Waals surface area contributed by atoms with E-state index in [2.05, 4.69) is 64.4 Å². The van der Waals surface area contributed by atoms with Crippen molar-refractivity contribution in [3.05, 3.63) is 89.0 Å². The number of hydrogen-bond donors (Lipinski definition) is 2. The molecular formula is C40H46F2N10O. The number of carbonyl (C=O) groups is 1. The quantitative estimate of drug-likeness (QED) is 0.174. The Hall–Kier alpha value is -5.01. The highest BCUT2D eigenvalue weighted by Crippen LogP contribution is 2.32. The molecular weight excluding hydrogens is 675 g/mol. The van der Waals surface area contributed by atoms with Crippen LogP contribution in [0.4, 0.5) is 26.2 Å². The van der Waals surface area contributed by atoms with Gasteiger partial charge in [0.25, 0.3) is 5.91 Å². The monoisotopic (exact) mass is 720 g/mol. The van der Waals surface area contributed by atoms with Gasteiger partial charge in [-0.1, -0.05) is 12.1 Å². The van der Waals surface area contributed by atoms with Crippen LogP contribution in [0.2, 0.25) is 0 Å². The highest BCUT2D eigenvalue weighted by atomic mass is 19.1. The van der Waals surface area contributed by atoms with E-state index >= 15 is 8.78 Å². The number of anilines is 3. The van der Waals surface area contributed by atoms with Crippen molar-refractivity contribution < 1.29 is 13.6 Å². The fourth-order valence-electron chi connectivity index (χ4n) is 8.32. The molecule has 2 saturated heterocycles. The van der Waals surface area contributed by atoms with Crippen molar-refractivity contribution in [2.45, 2.75) is 77.7 Å². The second kappa shape index (κ2) is 14.4. The molecule has 6 heterocycles. The summed E-state index contributed by atoms with van der Waals surface area (Å²) < 4.78 is 32.1. The van der Waals surface area contributed by atoms with Gasteiger partial charge in [0.05, 0.1) is 23.6 Å². The van der Waals surface area contributed by atoms with E-state index in [1.165, 1.54) is 11.6 Å². The molecule has 3 aliphatic rings. The topological polar surface area (TPSA) is 107 Å². The number of pyridine rings is 1. The van der Waals surface area contributed by atoms with E-state index in [4.69, 9.17) is 0 Å². The first-order valence-corrected chi connectivity index (χ1v) is 18.7. The Morgan fingerprint density at radius 2 is 1.83 bits per heavy atom. The summed E-state index contributed by atoms with van der Waals surface area (Å²) >= 11 is 0. The van der Waals surface area contributed by atoms with Crippen LogP contribution in [0.15, 0.2) is 54.9 Å². The van der Waals surface area contributed by atoms with Gasteiger partial charge in [-0.2, -0.15) is 0 Å². The second-order valence-corrected chi connectivity index (χ2v) is 14.9. The minimum Gasteiger partial charge on any atom is -0.370 e. The predicted octanol–water partition coefficient (Wildman–Crippen LogP) is 6.61. The Morgan fingerprint density at radius 1 is 1.00 bits per heavy atom. The zero-order chi connectivity index (χ0) is 36.8. The van der Waals surface area contributed by atoms with E-state index in [1.54, 1.807) is 6.07 Å². The van der Waals surface area contributed by atoms with Gasteiger partial charge in [-0.3, -0.25) is 9.69 Å². The zero-order valence-electron chi connectivity index (χ0n) is 30.7. The molecule has 8 rings (SSSR count). The molecule has 2 fully saturated rings. The third-order valence-electron chi connectivity index (χ3n) is 11.0. The number of aromatic nitrogens is 5. The van der Waals surface area contributed by atoms with E-state index < -0.39 is 11.6 Å². The van der Waals surface area contributed by atoms with Gasteiger partial charge in [0.15, 0.2) is 11.6 Å². The lowest BCUT2D eigenvalue weighted by Crippen LogP contribution is -2.46. The smallest absolute Gasteiger partial charge is 0.254 e. The van der Waals surface area contributed by atoms with Crippen molar-refractivity contribution in [1.29, 1.82) is 0 Å². The van der Waals surface area contributed by atoms with Gasteiger partial charge in [-0.15, -0.1) is 0 Å². The first kappa shape index (κ1) is 35.0. The number of rotatable bonds is 9. The van der Waals surface area contributed by atoms with Crippen LogP contribution in [0, 0.1) is 18.6 Å². The summed E-state index contributed by atoms with van der Waals surface area (Å²) in [5.41, 5.74) is 5.42. The Bertz CT molecular complexity index is 2140. The third-order valence-corrected chi connectivity index (χ3v) is 11.0. The average Bonchev–Trinajstić information content (AvgIpc) is 3.68. The Labute approximate surface area is 308 Å². The largest absolute Gasteiger partial charge is 0.370 e. The molecule has 11 nitrogen and oxygen atoms in total. The van der Waals surface area contributed by atoms with Crippen LogP contribution in [0.1, 0.15) is 72.9 Å². The third kappa shape index (κ3) is 6.95. The summed E-state index contributed by atoms with van der Waals surface area (Å²) in [5.74, 6) is 0.358. The minimum absolute atomic E-state index is 0.00716. The standard InChI is InChI=1S/C40H46F2N10O/c1-24(2)52-25(3)46-38-33(41)17-27(18-35(38)52)37-34(42)21-45-40(48-37)47-36-10-8-30(20-44-36)50-14-11-29(12-15-50)49(4)22-26-7-9-32-28(16-26)23-51(39(32)53)31-6-5-13-43-19-31/h7-10,16-18,20-21,24,29,31,43H,5-6,11-15,19,22-23H2,1-4H3,(H,44,45,47,48). The van der Waals surface area contributed by atoms with E-state index in [0.29, 0.717) is 35.3 Å². The molecule has 1 amide bonds. The molecule has 0 saturated carbocycles. The fraction of sp³-hybridized carbons (Fsp3) is 0.425. The van der Waals surface area contributed by atoms with Crippen LogP contribution >= 0.6 is 0 Å². The normalized spacial score (nSPS) is 18.1. The van der Waals surface area contributed by atoms with Gasteiger partial charge in [0.2, 0.25) is 5.95 Å². The minimum atomic E-state index is -0.651. The maximum atomic E-state index is 15.1. The number of hydrogen-bond acceptors (Lipinski definition) is 9. The van der Waals surface area contributed by atoms with Crippen molar-refractivity contribution in [1.82, 2.24) is 39.6 Å². The number of nitrogens with one attached hydrogen (secondary N) is 2. The Balaban J connectivity index is 0.875. The SMILES string of the molecule is Cc1nc2c(F)cc(-c3nc(Nc4ccc(N5CCC(N(C)Cc6ccc7c(c6)CN(C6CCCNC6)C7=O)CC5)cn4)ncc3F)cc2n1C(C)C. The Morgan fingerprint density at radius 3 is 2.57 bits per heavy atom. The van der Waals surface area contributed by atoms with Gasteiger partial charge in [0, 0.05) is 62.0 Å². The van der Waals surface area contributed by atoms with Gasteiger partial charge in [-0.05, 0) is 102 Å². The number of halogens is 2. The summed E-state index contributed by atoms with van der Waals surface area (Å²) in [7, 11) is 2.19. The first-order valence-electron chi connectivity index (χ1n) is 18.7. The second-order valence-electron chi connectivity index (χ2n) is 14.9. The number of benzene rings is 2. The highest BCUT2D eigenvalue weighted by Gasteiger charge is 2.33. The molecule has 2 N–H and O–H groups in total. The number of imidazole rings is 1. The molecule has 0 bridgehead atoms. The lowest BCUT2D eigenvalue weighted by molar-refractivity contribution is 0.0674. The molecule has 1 unspecified atom stereocenters. The van der Waals surface area contributed by atoms with Crippen LogP contribution in [-0.2, 0) is 13.1 Å². The number of amides is 1. The van der Waals surface area contributed by atoms with E-state index in [-0.39, 0.29) is 35.1 Å². The van der Waals surface area contributed by atoms with Crippen LogP contribution in [0.5, 0.6) is 0 Å². The number of nitrogens with zero attached hydrogens (tertiary/aromatic N) is 8. The van der Waals surface area contributed by atoms with Crippen molar-refractivity contribution in [2.75, 3.05) is 43.4 Å². The lowest BCUT2D eigenvalue weighted by atomic mass is 10.0. The summed E-state index contributed by atoms with van der Waals surface area (Å²) in [6, 6.07) is 14.0. The van der Waals surface area contributed by atoms with Crippen LogP contribution < -0.4 is 15.5 Å². The molecule has 13 heteroatoms. The van der Waals surface area contributed by atoms with Crippen molar-refractivity contribution in [2.24, 2.45) is 0 Å².